The molecule has 0 saturated heterocycles. The van der Waals surface area contributed by atoms with Crippen molar-refractivity contribution in [2.45, 2.75) is 10.8 Å². The second-order valence-corrected chi connectivity index (χ2v) is 5.23. The molecule has 106 valence electrons. The van der Waals surface area contributed by atoms with Crippen molar-refractivity contribution in [2.75, 3.05) is 7.11 Å². The number of hydrogen-bond acceptors (Lipinski definition) is 4. The van der Waals surface area contributed by atoms with Gasteiger partial charge in [-0.25, -0.2) is 9.18 Å². The number of carbonyl (C=O) groups is 1. The van der Waals surface area contributed by atoms with Crippen LogP contribution < -0.4 is 4.74 Å². The zero-order valence-corrected chi connectivity index (χ0v) is 11.3. The molecule has 0 aliphatic heterocycles. The van der Waals surface area contributed by atoms with Crippen LogP contribution in [-0.4, -0.2) is 22.4 Å². The van der Waals surface area contributed by atoms with Crippen LogP contribution in [0.3, 0.4) is 0 Å². The number of aromatic carboxylic acids is 1. The zero-order valence-electron chi connectivity index (χ0n) is 10.5. The minimum atomic E-state index is -1.68. The van der Waals surface area contributed by atoms with E-state index in [1.807, 2.05) is 0 Å². The monoisotopic (exact) mass is 298 g/mol. The molecule has 1 aromatic heterocycles. The standard InChI is InChI=1S/C13H11FO5S/c1-18-9-4-2-3-8(12(9)14)7-20(17)11-6-5-10(19-11)13(15)16/h2-6H,7H2,1H3,(H,15,16). The third kappa shape index (κ3) is 2.88. The highest BCUT2D eigenvalue weighted by Gasteiger charge is 2.17. The van der Waals surface area contributed by atoms with Gasteiger partial charge in [-0.3, -0.25) is 4.21 Å². The maximum Gasteiger partial charge on any atom is 0.371 e. The van der Waals surface area contributed by atoms with Crippen LogP contribution in [0.25, 0.3) is 0 Å². The molecule has 1 unspecified atom stereocenters. The molecule has 0 fully saturated rings. The highest BCUT2D eigenvalue weighted by atomic mass is 32.2. The molecule has 0 aliphatic rings. The fourth-order valence-electron chi connectivity index (χ4n) is 1.60. The summed E-state index contributed by atoms with van der Waals surface area (Å²) in [6.07, 6.45) is 0. The molecule has 0 radical (unpaired) electrons. The molecule has 0 saturated carbocycles. The summed E-state index contributed by atoms with van der Waals surface area (Å²) in [5, 5.41) is 8.70. The maximum atomic E-state index is 13.9. The SMILES string of the molecule is COc1cccc(CS(=O)c2ccc(C(=O)O)o2)c1F. The Morgan fingerprint density at radius 2 is 2.15 bits per heavy atom. The van der Waals surface area contributed by atoms with Gasteiger partial charge >= 0.3 is 5.97 Å². The van der Waals surface area contributed by atoms with Crippen LogP contribution in [0.2, 0.25) is 0 Å². The van der Waals surface area contributed by atoms with E-state index >= 15 is 0 Å². The summed E-state index contributed by atoms with van der Waals surface area (Å²) in [7, 11) is -0.338. The molecule has 5 nitrogen and oxygen atoms in total. The first-order valence-corrected chi connectivity index (χ1v) is 6.87. The molecule has 2 aromatic rings. The van der Waals surface area contributed by atoms with Gasteiger partial charge in [0.15, 0.2) is 16.7 Å². The van der Waals surface area contributed by atoms with Gasteiger partial charge in [0.2, 0.25) is 5.76 Å². The van der Waals surface area contributed by atoms with E-state index < -0.39 is 22.6 Å². The molecule has 1 N–H and O–H groups in total. The van der Waals surface area contributed by atoms with Crippen molar-refractivity contribution in [2.24, 2.45) is 0 Å². The maximum absolute atomic E-state index is 13.9. The van der Waals surface area contributed by atoms with Crippen LogP contribution in [0.5, 0.6) is 5.75 Å². The number of halogens is 1. The van der Waals surface area contributed by atoms with Crippen LogP contribution in [-0.2, 0) is 16.6 Å². The number of rotatable bonds is 5. The topological polar surface area (TPSA) is 76.7 Å². The highest BCUT2D eigenvalue weighted by Crippen LogP contribution is 2.23. The van der Waals surface area contributed by atoms with E-state index in [0.29, 0.717) is 0 Å². The molecular weight excluding hydrogens is 287 g/mol. The molecule has 7 heteroatoms. The number of hydrogen-bond donors (Lipinski definition) is 1. The van der Waals surface area contributed by atoms with Gasteiger partial charge in [0.25, 0.3) is 0 Å². The number of furan rings is 1. The quantitative estimate of drug-likeness (QED) is 0.917. The number of carboxylic acids is 1. The second-order valence-electron chi connectivity index (χ2n) is 3.85. The Kier molecular flexibility index (Phi) is 4.19. The summed E-state index contributed by atoms with van der Waals surface area (Å²) in [5.74, 6) is -2.21. The fourth-order valence-corrected chi connectivity index (χ4v) is 2.65. The van der Waals surface area contributed by atoms with Crippen molar-refractivity contribution in [3.8, 4) is 5.75 Å². The van der Waals surface area contributed by atoms with Crippen molar-refractivity contribution in [3.63, 3.8) is 0 Å². The zero-order chi connectivity index (χ0) is 14.7. The third-order valence-electron chi connectivity index (χ3n) is 2.57. The van der Waals surface area contributed by atoms with Crippen LogP contribution in [0.4, 0.5) is 4.39 Å². The highest BCUT2D eigenvalue weighted by molar-refractivity contribution is 7.84. The van der Waals surface area contributed by atoms with Crippen molar-refractivity contribution >= 4 is 16.8 Å². The third-order valence-corrected chi connectivity index (χ3v) is 3.81. The van der Waals surface area contributed by atoms with Gasteiger partial charge in [-0.05, 0) is 18.2 Å². The first-order valence-electron chi connectivity index (χ1n) is 5.56. The van der Waals surface area contributed by atoms with Gasteiger partial charge in [-0.2, -0.15) is 0 Å². The minimum absolute atomic E-state index is 0.00961. The first-order chi connectivity index (χ1) is 9.52. The lowest BCUT2D eigenvalue weighted by atomic mass is 10.2. The van der Waals surface area contributed by atoms with Crippen LogP contribution in [0.1, 0.15) is 16.1 Å². The lowest BCUT2D eigenvalue weighted by Gasteiger charge is -2.06. The van der Waals surface area contributed by atoms with Gasteiger partial charge in [0.05, 0.1) is 23.7 Å². The van der Waals surface area contributed by atoms with Gasteiger partial charge in [-0.1, -0.05) is 12.1 Å². The first kappa shape index (κ1) is 14.3. The predicted octanol–water partition coefficient (Wildman–Crippen LogP) is 2.43. The van der Waals surface area contributed by atoms with E-state index in [2.05, 4.69) is 0 Å². The van der Waals surface area contributed by atoms with Gasteiger partial charge in [-0.15, -0.1) is 0 Å². The molecule has 1 atom stereocenters. The smallest absolute Gasteiger partial charge is 0.371 e. The Morgan fingerprint density at radius 3 is 2.75 bits per heavy atom. The predicted molar refractivity (Wildman–Crippen MR) is 68.7 cm³/mol. The number of benzene rings is 1. The summed E-state index contributed by atoms with van der Waals surface area (Å²) >= 11 is 0. The van der Waals surface area contributed by atoms with Crippen molar-refractivity contribution in [3.05, 3.63) is 47.5 Å². The van der Waals surface area contributed by atoms with E-state index in [-0.39, 0.29) is 27.9 Å². The van der Waals surface area contributed by atoms with Gasteiger partial charge < -0.3 is 14.3 Å². The summed E-state index contributed by atoms with van der Waals surface area (Å²) < 4.78 is 35.7. The van der Waals surface area contributed by atoms with E-state index in [1.54, 1.807) is 6.07 Å². The Morgan fingerprint density at radius 1 is 1.40 bits per heavy atom. The van der Waals surface area contributed by atoms with Crippen molar-refractivity contribution < 1.29 is 27.7 Å². The molecule has 20 heavy (non-hydrogen) atoms. The fraction of sp³-hybridized carbons (Fsp3) is 0.154. The lowest BCUT2D eigenvalue weighted by molar-refractivity contribution is 0.0656. The minimum Gasteiger partial charge on any atom is -0.494 e. The molecular formula is C13H11FO5S. The van der Waals surface area contributed by atoms with E-state index in [9.17, 15) is 13.4 Å². The lowest BCUT2D eigenvalue weighted by Crippen LogP contribution is -2.00. The summed E-state index contributed by atoms with van der Waals surface area (Å²) in [6, 6.07) is 7.03. The average Bonchev–Trinajstić information content (AvgIpc) is 2.91. The molecule has 0 aliphatic carbocycles. The van der Waals surface area contributed by atoms with Gasteiger partial charge in [0, 0.05) is 5.56 Å². The normalized spacial score (nSPS) is 12.1. The molecule has 2 rings (SSSR count). The molecule has 0 spiro atoms. The number of methoxy groups -OCH3 is 1. The average molecular weight is 298 g/mol. The second kappa shape index (κ2) is 5.87. The molecule has 1 aromatic carbocycles. The van der Waals surface area contributed by atoms with E-state index in [1.165, 1.54) is 31.4 Å². The Labute approximate surface area is 116 Å². The number of ether oxygens (including phenoxy) is 1. The Bertz CT molecular complexity index is 665. The van der Waals surface area contributed by atoms with Crippen LogP contribution in [0, 0.1) is 5.82 Å². The van der Waals surface area contributed by atoms with Crippen molar-refractivity contribution in [1.29, 1.82) is 0 Å². The Hall–Kier alpha value is -2.15. The number of carboxylic acid groups (broad SMARTS) is 1. The van der Waals surface area contributed by atoms with E-state index in [4.69, 9.17) is 14.3 Å². The molecule has 1 heterocycles. The molecule has 0 amide bonds. The summed E-state index contributed by atoms with van der Waals surface area (Å²) in [6.45, 7) is 0. The summed E-state index contributed by atoms with van der Waals surface area (Å²) in [4.78, 5) is 10.7. The summed E-state index contributed by atoms with van der Waals surface area (Å²) in [5.41, 5.74) is 0.205. The molecule has 0 bridgehead atoms. The Balaban J connectivity index is 2.21. The largest absolute Gasteiger partial charge is 0.494 e. The van der Waals surface area contributed by atoms with Crippen molar-refractivity contribution in [1.82, 2.24) is 0 Å². The van der Waals surface area contributed by atoms with E-state index in [0.717, 1.165) is 0 Å². The van der Waals surface area contributed by atoms with Gasteiger partial charge in [0.1, 0.15) is 0 Å². The van der Waals surface area contributed by atoms with Crippen LogP contribution >= 0.6 is 0 Å². The van der Waals surface area contributed by atoms with Crippen LogP contribution in [0.15, 0.2) is 39.8 Å².